The van der Waals surface area contributed by atoms with Gasteiger partial charge in [-0.05, 0) is 37.3 Å². The zero-order chi connectivity index (χ0) is 20.8. The van der Waals surface area contributed by atoms with E-state index in [0.717, 1.165) is 12.1 Å². The van der Waals surface area contributed by atoms with Crippen molar-refractivity contribution in [2.45, 2.75) is 19.6 Å². The summed E-state index contributed by atoms with van der Waals surface area (Å²) in [5.74, 6) is -0.709. The molecule has 2 heterocycles. The molecule has 0 aliphatic rings. The number of alkyl halides is 3. The summed E-state index contributed by atoms with van der Waals surface area (Å²) in [6.07, 6.45) is -4.52. The Morgan fingerprint density at radius 3 is 2.45 bits per heavy atom. The van der Waals surface area contributed by atoms with Gasteiger partial charge in [-0.25, -0.2) is 4.52 Å². The number of fused-ring (bicyclic) bond motifs is 3. The van der Waals surface area contributed by atoms with Crippen molar-refractivity contribution in [2.24, 2.45) is 0 Å². The van der Waals surface area contributed by atoms with Crippen LogP contribution in [0.2, 0.25) is 0 Å². The molecule has 148 valence electrons. The van der Waals surface area contributed by atoms with Gasteiger partial charge >= 0.3 is 6.18 Å². The zero-order valence-electron chi connectivity index (χ0n) is 15.2. The predicted molar refractivity (Wildman–Crippen MR) is 102 cm³/mol. The first-order chi connectivity index (χ1) is 13.8. The van der Waals surface area contributed by atoms with Crippen molar-refractivity contribution in [1.29, 1.82) is 0 Å². The van der Waals surface area contributed by atoms with E-state index in [1.165, 1.54) is 22.7 Å². The number of halogens is 3. The zero-order valence-corrected chi connectivity index (χ0v) is 15.2. The van der Waals surface area contributed by atoms with Gasteiger partial charge in [0, 0.05) is 18.3 Å². The molecule has 0 saturated heterocycles. The molecule has 6 nitrogen and oxygen atoms in total. The van der Waals surface area contributed by atoms with Crippen LogP contribution in [0.4, 0.5) is 18.9 Å². The van der Waals surface area contributed by atoms with E-state index in [2.05, 4.69) is 10.4 Å². The lowest BCUT2D eigenvalue weighted by molar-refractivity contribution is -0.137. The van der Waals surface area contributed by atoms with Gasteiger partial charge in [0.2, 0.25) is 0 Å². The molecule has 0 atom stereocenters. The van der Waals surface area contributed by atoms with Gasteiger partial charge in [0.15, 0.2) is 5.69 Å². The summed E-state index contributed by atoms with van der Waals surface area (Å²) in [6, 6.07) is 12.8. The highest BCUT2D eigenvalue weighted by molar-refractivity contribution is 6.03. The quantitative estimate of drug-likeness (QED) is 0.566. The van der Waals surface area contributed by atoms with Gasteiger partial charge in [-0.15, -0.1) is 0 Å². The third kappa shape index (κ3) is 3.24. The van der Waals surface area contributed by atoms with Crippen molar-refractivity contribution in [3.8, 4) is 0 Å². The van der Waals surface area contributed by atoms with E-state index in [4.69, 9.17) is 0 Å². The molecule has 1 N–H and O–H groups in total. The summed E-state index contributed by atoms with van der Waals surface area (Å²) in [6.45, 7) is 2.27. The number of aromatic nitrogens is 3. The minimum Gasteiger partial charge on any atom is -0.321 e. The molecule has 4 aromatic rings. The second kappa shape index (κ2) is 6.77. The summed E-state index contributed by atoms with van der Waals surface area (Å²) < 4.78 is 41.5. The number of anilines is 1. The number of para-hydroxylation sites is 2. The molecule has 0 bridgehead atoms. The largest absolute Gasteiger partial charge is 0.416 e. The lowest BCUT2D eigenvalue weighted by atomic mass is 10.2. The number of nitrogens with zero attached hydrogens (tertiary/aromatic N) is 3. The average Bonchev–Trinajstić information content (AvgIpc) is 3.14. The Bertz CT molecular complexity index is 1300. The first kappa shape index (κ1) is 18.7. The molecule has 0 radical (unpaired) electrons. The topological polar surface area (TPSA) is 68.4 Å². The summed E-state index contributed by atoms with van der Waals surface area (Å²) >= 11 is 0. The molecule has 0 aliphatic carbocycles. The van der Waals surface area contributed by atoms with Crippen molar-refractivity contribution in [3.63, 3.8) is 0 Å². The molecular formula is C20H15F3N4O2. The molecule has 0 spiro atoms. The molecule has 4 rings (SSSR count). The number of amides is 1. The lowest BCUT2D eigenvalue weighted by Crippen LogP contribution is -2.22. The number of carbonyl (C=O) groups excluding carboxylic acids is 1. The van der Waals surface area contributed by atoms with E-state index in [1.54, 1.807) is 28.8 Å². The summed E-state index contributed by atoms with van der Waals surface area (Å²) in [5, 5.41) is 6.62. The van der Waals surface area contributed by atoms with Gasteiger partial charge in [-0.3, -0.25) is 9.59 Å². The molecule has 0 saturated carbocycles. The molecule has 0 aliphatic heterocycles. The van der Waals surface area contributed by atoms with Crippen LogP contribution in [0.1, 0.15) is 23.0 Å². The van der Waals surface area contributed by atoms with Crippen molar-refractivity contribution >= 4 is 28.1 Å². The van der Waals surface area contributed by atoms with Crippen LogP contribution in [0.15, 0.2) is 59.4 Å². The highest BCUT2D eigenvalue weighted by Gasteiger charge is 2.30. The van der Waals surface area contributed by atoms with Crippen molar-refractivity contribution in [3.05, 3.63) is 76.2 Å². The number of benzene rings is 2. The highest BCUT2D eigenvalue weighted by atomic mass is 19.4. The summed E-state index contributed by atoms with van der Waals surface area (Å²) in [4.78, 5) is 25.3. The molecule has 0 unspecified atom stereocenters. The van der Waals surface area contributed by atoms with Crippen molar-refractivity contribution < 1.29 is 18.0 Å². The molecule has 2 aromatic heterocycles. The molecule has 29 heavy (non-hydrogen) atoms. The van der Waals surface area contributed by atoms with E-state index >= 15 is 0 Å². The average molecular weight is 400 g/mol. The van der Waals surface area contributed by atoms with Crippen LogP contribution in [0.3, 0.4) is 0 Å². The number of carbonyl (C=O) groups is 1. The number of aryl methyl sites for hydroxylation is 1. The van der Waals surface area contributed by atoms with Gasteiger partial charge in [0.1, 0.15) is 5.52 Å². The fraction of sp³-hybridized carbons (Fsp3) is 0.150. The fourth-order valence-corrected chi connectivity index (χ4v) is 3.23. The number of nitrogens with one attached hydrogen (secondary N) is 1. The molecule has 0 fully saturated rings. The molecule has 2 aromatic carbocycles. The maximum atomic E-state index is 12.9. The third-order valence-electron chi connectivity index (χ3n) is 4.57. The van der Waals surface area contributed by atoms with Gasteiger partial charge < -0.3 is 9.88 Å². The Kier molecular flexibility index (Phi) is 4.37. The van der Waals surface area contributed by atoms with Crippen LogP contribution in [0.5, 0.6) is 0 Å². The first-order valence-corrected chi connectivity index (χ1v) is 8.79. The highest BCUT2D eigenvalue weighted by Crippen LogP contribution is 2.30. The van der Waals surface area contributed by atoms with Crippen molar-refractivity contribution in [2.75, 3.05) is 5.32 Å². The van der Waals surface area contributed by atoms with E-state index in [1.807, 2.05) is 6.92 Å². The molecular weight excluding hydrogens is 385 g/mol. The molecule has 9 heteroatoms. The second-order valence-electron chi connectivity index (χ2n) is 6.40. The van der Waals surface area contributed by atoms with Gasteiger partial charge in [-0.2, -0.15) is 18.3 Å². The minimum absolute atomic E-state index is 0.0160. The van der Waals surface area contributed by atoms with Crippen LogP contribution in [0.25, 0.3) is 16.6 Å². The smallest absolute Gasteiger partial charge is 0.321 e. The Morgan fingerprint density at radius 2 is 1.76 bits per heavy atom. The molecule has 1 amide bonds. The Hall–Kier alpha value is -3.62. The first-order valence-electron chi connectivity index (χ1n) is 8.79. The standard InChI is InChI=1S/C20H15F3N4O2/c1-2-26-15-8-3-4-9-16(15)27-17(19(26)29)11-14(25-27)18(28)24-13-7-5-6-12(10-13)20(21,22)23/h3-11H,2H2,1H3,(H,24,28). The van der Waals surface area contributed by atoms with Crippen LogP contribution >= 0.6 is 0 Å². The van der Waals surface area contributed by atoms with E-state index in [9.17, 15) is 22.8 Å². The maximum Gasteiger partial charge on any atom is 0.416 e. The SMILES string of the molecule is CCn1c(=O)c2cc(C(=O)Nc3cccc(C(F)(F)F)c3)nn2c2ccccc21. The minimum atomic E-state index is -4.52. The lowest BCUT2D eigenvalue weighted by Gasteiger charge is -2.09. The van der Waals surface area contributed by atoms with Crippen LogP contribution in [-0.4, -0.2) is 20.1 Å². The van der Waals surface area contributed by atoms with Gasteiger partial charge in [0.25, 0.3) is 11.5 Å². The monoisotopic (exact) mass is 400 g/mol. The van der Waals surface area contributed by atoms with Gasteiger partial charge in [0.05, 0.1) is 16.6 Å². The Balaban J connectivity index is 1.77. The number of rotatable bonds is 3. The Morgan fingerprint density at radius 1 is 1.03 bits per heavy atom. The van der Waals surface area contributed by atoms with Crippen molar-refractivity contribution in [1.82, 2.24) is 14.2 Å². The Labute approximate surface area is 162 Å². The van der Waals surface area contributed by atoms with E-state index in [-0.39, 0.29) is 22.5 Å². The second-order valence-corrected chi connectivity index (χ2v) is 6.40. The summed E-state index contributed by atoms with van der Waals surface area (Å²) in [5.41, 5.74) is 0.248. The van der Waals surface area contributed by atoms with Gasteiger partial charge in [-0.1, -0.05) is 18.2 Å². The summed E-state index contributed by atoms with van der Waals surface area (Å²) in [7, 11) is 0. The maximum absolute atomic E-state index is 12.9. The van der Waals surface area contributed by atoms with Crippen LogP contribution < -0.4 is 10.9 Å². The fourth-order valence-electron chi connectivity index (χ4n) is 3.23. The van der Waals surface area contributed by atoms with Crippen LogP contribution in [0, 0.1) is 0 Å². The van der Waals surface area contributed by atoms with E-state index < -0.39 is 17.6 Å². The number of hydrogen-bond donors (Lipinski definition) is 1. The predicted octanol–water partition coefficient (Wildman–Crippen LogP) is 3.94. The van der Waals surface area contributed by atoms with Crippen LogP contribution in [-0.2, 0) is 12.7 Å². The normalized spacial score (nSPS) is 11.9. The third-order valence-corrected chi connectivity index (χ3v) is 4.57. The number of hydrogen-bond acceptors (Lipinski definition) is 3. The van der Waals surface area contributed by atoms with E-state index in [0.29, 0.717) is 17.6 Å².